The number of hydrogen-bond donors (Lipinski definition) is 1. The van der Waals surface area contributed by atoms with Crippen LogP contribution >= 0.6 is 0 Å². The molecule has 0 aliphatic heterocycles. The van der Waals surface area contributed by atoms with Crippen molar-refractivity contribution in [2.75, 3.05) is 19.7 Å². The molecule has 0 radical (unpaired) electrons. The average molecular weight is 285 g/mol. The number of rotatable bonds is 7. The van der Waals surface area contributed by atoms with Crippen molar-refractivity contribution in [3.05, 3.63) is 29.3 Å². The summed E-state index contributed by atoms with van der Waals surface area (Å²) >= 11 is 0. The van der Waals surface area contributed by atoms with Crippen LogP contribution in [0.25, 0.3) is 0 Å². The van der Waals surface area contributed by atoms with Gasteiger partial charge in [0.15, 0.2) is 0 Å². The fourth-order valence-corrected chi connectivity index (χ4v) is 3.38. The van der Waals surface area contributed by atoms with E-state index in [4.69, 9.17) is 5.11 Å². The first-order chi connectivity index (χ1) is 8.93. The van der Waals surface area contributed by atoms with Crippen LogP contribution < -0.4 is 0 Å². The van der Waals surface area contributed by atoms with E-state index in [-0.39, 0.29) is 13.2 Å². The van der Waals surface area contributed by atoms with E-state index in [9.17, 15) is 8.42 Å². The Morgan fingerprint density at radius 2 is 1.84 bits per heavy atom. The summed E-state index contributed by atoms with van der Waals surface area (Å²) in [5.74, 6) is 0. The fourth-order valence-electron chi connectivity index (χ4n) is 1.82. The Kier molecular flexibility index (Phi) is 5.97. The van der Waals surface area contributed by atoms with Gasteiger partial charge >= 0.3 is 0 Å². The third-order valence-corrected chi connectivity index (χ3v) is 5.12. The standard InChI is InChI=1S/C14H23NO3S/c1-4-5-8-15(9-10-16)19(17,18)14-7-6-12(2)13(3)11-14/h6-7,11,16H,4-5,8-10H2,1-3H3. The third-order valence-electron chi connectivity index (χ3n) is 3.23. The van der Waals surface area contributed by atoms with Crippen LogP contribution in [0.15, 0.2) is 23.1 Å². The van der Waals surface area contributed by atoms with E-state index in [1.165, 1.54) is 4.31 Å². The summed E-state index contributed by atoms with van der Waals surface area (Å²) in [6.07, 6.45) is 1.72. The Hall–Kier alpha value is -0.910. The first-order valence-corrected chi connectivity index (χ1v) is 8.05. The molecule has 0 heterocycles. The summed E-state index contributed by atoms with van der Waals surface area (Å²) in [6.45, 7) is 6.31. The molecule has 0 aromatic heterocycles. The zero-order valence-corrected chi connectivity index (χ0v) is 12.7. The molecule has 0 amide bonds. The number of aliphatic hydroxyl groups is 1. The molecule has 1 aromatic rings. The summed E-state index contributed by atoms with van der Waals surface area (Å²) in [6, 6.07) is 5.15. The van der Waals surface area contributed by atoms with Crippen molar-refractivity contribution in [2.24, 2.45) is 0 Å². The van der Waals surface area contributed by atoms with Gasteiger partial charge in [0, 0.05) is 13.1 Å². The predicted octanol–water partition coefficient (Wildman–Crippen LogP) is 2.09. The zero-order valence-electron chi connectivity index (χ0n) is 11.9. The van der Waals surface area contributed by atoms with Gasteiger partial charge in [0.25, 0.3) is 0 Å². The first kappa shape index (κ1) is 16.1. The van der Waals surface area contributed by atoms with Gasteiger partial charge in [-0.2, -0.15) is 4.31 Å². The molecular formula is C14H23NO3S. The minimum Gasteiger partial charge on any atom is -0.395 e. The summed E-state index contributed by atoms with van der Waals surface area (Å²) in [5.41, 5.74) is 2.03. The first-order valence-electron chi connectivity index (χ1n) is 6.61. The minimum absolute atomic E-state index is 0.148. The number of aryl methyl sites for hydroxylation is 2. The third kappa shape index (κ3) is 4.03. The molecule has 0 fully saturated rings. The van der Waals surface area contributed by atoms with Crippen molar-refractivity contribution in [1.82, 2.24) is 4.31 Å². The van der Waals surface area contributed by atoms with Crippen molar-refractivity contribution in [3.8, 4) is 0 Å². The monoisotopic (exact) mass is 285 g/mol. The van der Waals surface area contributed by atoms with Crippen molar-refractivity contribution in [1.29, 1.82) is 0 Å². The van der Waals surface area contributed by atoms with E-state index in [1.54, 1.807) is 12.1 Å². The van der Waals surface area contributed by atoms with Crippen molar-refractivity contribution < 1.29 is 13.5 Å². The van der Waals surface area contributed by atoms with E-state index in [0.29, 0.717) is 11.4 Å². The summed E-state index contributed by atoms with van der Waals surface area (Å²) in [4.78, 5) is 0.306. The Morgan fingerprint density at radius 1 is 1.16 bits per heavy atom. The molecule has 1 N–H and O–H groups in total. The molecule has 0 aliphatic carbocycles. The van der Waals surface area contributed by atoms with Crippen molar-refractivity contribution in [2.45, 2.75) is 38.5 Å². The van der Waals surface area contributed by atoms with E-state index in [1.807, 2.05) is 26.8 Å². The van der Waals surface area contributed by atoms with Crippen LogP contribution in [0.5, 0.6) is 0 Å². The highest BCUT2D eigenvalue weighted by Crippen LogP contribution is 2.19. The highest BCUT2D eigenvalue weighted by Gasteiger charge is 2.23. The lowest BCUT2D eigenvalue weighted by Crippen LogP contribution is -2.34. The smallest absolute Gasteiger partial charge is 0.243 e. The Labute approximate surface area is 116 Å². The van der Waals surface area contributed by atoms with E-state index in [0.717, 1.165) is 24.0 Å². The number of nitrogens with zero attached hydrogens (tertiary/aromatic N) is 1. The highest BCUT2D eigenvalue weighted by atomic mass is 32.2. The number of benzene rings is 1. The summed E-state index contributed by atoms with van der Waals surface area (Å²) in [5, 5.41) is 9.04. The van der Waals surface area contributed by atoms with Gasteiger partial charge in [-0.25, -0.2) is 8.42 Å². The second-order valence-corrected chi connectivity index (χ2v) is 6.67. The molecule has 108 valence electrons. The van der Waals surface area contributed by atoms with Gasteiger partial charge in [-0.1, -0.05) is 19.4 Å². The number of hydrogen-bond acceptors (Lipinski definition) is 3. The minimum atomic E-state index is -3.50. The van der Waals surface area contributed by atoms with E-state index >= 15 is 0 Å². The molecule has 4 nitrogen and oxygen atoms in total. The van der Waals surface area contributed by atoms with E-state index < -0.39 is 10.0 Å². The second kappa shape index (κ2) is 7.03. The van der Waals surface area contributed by atoms with Crippen LogP contribution in [0.1, 0.15) is 30.9 Å². The maximum Gasteiger partial charge on any atom is 0.243 e. The highest BCUT2D eigenvalue weighted by molar-refractivity contribution is 7.89. The zero-order chi connectivity index (χ0) is 14.5. The number of sulfonamides is 1. The average Bonchev–Trinajstić information content (AvgIpc) is 2.37. The van der Waals surface area contributed by atoms with Crippen LogP contribution in [-0.4, -0.2) is 37.5 Å². The molecular weight excluding hydrogens is 262 g/mol. The lowest BCUT2D eigenvalue weighted by atomic mass is 10.1. The molecule has 1 rings (SSSR count). The van der Waals surface area contributed by atoms with Crippen molar-refractivity contribution in [3.63, 3.8) is 0 Å². The molecule has 0 spiro atoms. The van der Waals surface area contributed by atoms with Crippen LogP contribution in [0, 0.1) is 13.8 Å². The van der Waals surface area contributed by atoms with Crippen LogP contribution in [-0.2, 0) is 10.0 Å². The van der Waals surface area contributed by atoms with E-state index in [2.05, 4.69) is 0 Å². The maximum atomic E-state index is 12.5. The van der Waals surface area contributed by atoms with Crippen molar-refractivity contribution >= 4 is 10.0 Å². The molecule has 0 unspecified atom stereocenters. The lowest BCUT2D eigenvalue weighted by molar-refractivity contribution is 0.252. The fraction of sp³-hybridized carbons (Fsp3) is 0.571. The lowest BCUT2D eigenvalue weighted by Gasteiger charge is -2.21. The quantitative estimate of drug-likeness (QED) is 0.834. The number of unbranched alkanes of at least 4 members (excludes halogenated alkanes) is 1. The topological polar surface area (TPSA) is 57.6 Å². The molecule has 0 aliphatic rings. The van der Waals surface area contributed by atoms with Gasteiger partial charge < -0.3 is 5.11 Å². The molecule has 5 heteroatoms. The SMILES string of the molecule is CCCCN(CCO)S(=O)(=O)c1ccc(C)c(C)c1. The van der Waals surface area contributed by atoms with Gasteiger partial charge in [0.2, 0.25) is 10.0 Å². The second-order valence-electron chi connectivity index (χ2n) is 4.73. The molecule has 19 heavy (non-hydrogen) atoms. The van der Waals surface area contributed by atoms with Crippen LogP contribution in [0.4, 0.5) is 0 Å². The molecule has 1 aromatic carbocycles. The molecule has 0 saturated heterocycles. The normalized spacial score (nSPS) is 12.1. The molecule has 0 atom stereocenters. The Bertz CT molecular complexity index is 511. The summed E-state index contributed by atoms with van der Waals surface area (Å²) < 4.78 is 26.4. The van der Waals surface area contributed by atoms with Gasteiger partial charge in [0.05, 0.1) is 11.5 Å². The van der Waals surface area contributed by atoms with Gasteiger partial charge in [0.1, 0.15) is 0 Å². The van der Waals surface area contributed by atoms with Crippen LogP contribution in [0.3, 0.4) is 0 Å². The Balaban J connectivity index is 3.07. The largest absolute Gasteiger partial charge is 0.395 e. The summed E-state index contributed by atoms with van der Waals surface area (Å²) in [7, 11) is -3.50. The molecule has 0 saturated carbocycles. The maximum absolute atomic E-state index is 12.5. The number of aliphatic hydroxyl groups excluding tert-OH is 1. The van der Waals surface area contributed by atoms with Gasteiger partial charge in [-0.3, -0.25) is 0 Å². The van der Waals surface area contributed by atoms with Gasteiger partial charge in [-0.15, -0.1) is 0 Å². The van der Waals surface area contributed by atoms with Gasteiger partial charge in [-0.05, 0) is 43.5 Å². The van der Waals surface area contributed by atoms with Crippen LogP contribution in [0.2, 0.25) is 0 Å². The predicted molar refractivity (Wildman–Crippen MR) is 76.7 cm³/mol. The Morgan fingerprint density at radius 3 is 2.37 bits per heavy atom. The molecule has 0 bridgehead atoms.